The van der Waals surface area contributed by atoms with Gasteiger partial charge >= 0.3 is 0 Å². The Morgan fingerprint density at radius 1 is 0.460 bits per heavy atom. The van der Waals surface area contributed by atoms with Crippen LogP contribution in [0, 0.1) is 58.6 Å². The third-order valence-electron chi connectivity index (χ3n) is 7.69. The maximum Gasteiger partial charge on any atom is 0.194 e. The molecule has 0 atom stereocenters. The van der Waals surface area contributed by atoms with Gasteiger partial charge in [-0.2, -0.15) is 0 Å². The molecule has 50 heavy (non-hydrogen) atoms. The number of benzene rings is 6. The summed E-state index contributed by atoms with van der Waals surface area (Å²) in [5.74, 6) is 2.86. The molecule has 6 rings (SSSR count). The number of aryl methyl sites for hydroxylation is 2. The Kier molecular flexibility index (Phi) is 11.8. The van der Waals surface area contributed by atoms with E-state index < -0.39 is 34.9 Å². The highest BCUT2D eigenvalue weighted by Crippen LogP contribution is 2.28. The largest absolute Gasteiger partial charge is 0.204 e. The van der Waals surface area contributed by atoms with Gasteiger partial charge in [0.05, 0.1) is 5.02 Å². The molecule has 0 N–H and O–H groups in total. The molecule has 0 heterocycles. The zero-order valence-electron chi connectivity index (χ0n) is 26.9. The number of hydrogen-bond acceptors (Lipinski definition) is 0. The van der Waals surface area contributed by atoms with Crippen molar-refractivity contribution in [3.05, 3.63) is 163 Å². The lowest BCUT2D eigenvalue weighted by Gasteiger charge is -2.06. The molecule has 0 aliphatic carbocycles. The van der Waals surface area contributed by atoms with Crippen LogP contribution in [0.2, 0.25) is 10.0 Å². The first kappa shape index (κ1) is 36.4. The minimum atomic E-state index is -1.50. The van der Waals surface area contributed by atoms with Crippen LogP contribution >= 0.6 is 23.2 Å². The third-order valence-corrected chi connectivity index (χ3v) is 8.32. The smallest absolute Gasteiger partial charge is 0.194 e. The van der Waals surface area contributed by atoms with Crippen molar-refractivity contribution in [2.45, 2.75) is 39.5 Å². The summed E-state index contributed by atoms with van der Waals surface area (Å²) in [5.41, 5.74) is 3.73. The second-order valence-electron chi connectivity index (χ2n) is 11.5. The zero-order chi connectivity index (χ0) is 35.9. The van der Waals surface area contributed by atoms with Gasteiger partial charge in [-0.25, -0.2) is 26.3 Å². The second-order valence-corrected chi connectivity index (χ2v) is 12.3. The van der Waals surface area contributed by atoms with Crippen LogP contribution in [0.25, 0.3) is 21.5 Å². The Labute approximate surface area is 296 Å². The zero-order valence-corrected chi connectivity index (χ0v) is 28.4. The molecular formula is C42H28Cl2F6. The number of rotatable bonds is 4. The van der Waals surface area contributed by atoms with Crippen LogP contribution in [0.15, 0.2) is 84.9 Å². The first-order valence-electron chi connectivity index (χ1n) is 15.7. The van der Waals surface area contributed by atoms with Gasteiger partial charge in [-0.1, -0.05) is 104 Å². The summed E-state index contributed by atoms with van der Waals surface area (Å²) in [6.45, 7) is 4.23. The molecule has 0 bridgehead atoms. The number of halogens is 8. The highest BCUT2D eigenvalue weighted by atomic mass is 35.5. The first-order chi connectivity index (χ1) is 23.9. The molecule has 0 aliphatic heterocycles. The molecule has 0 spiro atoms. The van der Waals surface area contributed by atoms with E-state index in [0.717, 1.165) is 71.5 Å². The molecule has 0 amide bonds. The van der Waals surface area contributed by atoms with Crippen molar-refractivity contribution in [3.8, 4) is 23.7 Å². The Morgan fingerprint density at radius 3 is 1.58 bits per heavy atom. The fraction of sp³-hybridized carbons (Fsp3) is 0.143. The van der Waals surface area contributed by atoms with Gasteiger partial charge in [0.2, 0.25) is 0 Å². The third kappa shape index (κ3) is 8.82. The predicted molar refractivity (Wildman–Crippen MR) is 190 cm³/mol. The maximum atomic E-state index is 13.2. The monoisotopic (exact) mass is 716 g/mol. The van der Waals surface area contributed by atoms with Crippen LogP contribution in [0.3, 0.4) is 0 Å². The van der Waals surface area contributed by atoms with Gasteiger partial charge in [0.1, 0.15) is 0 Å². The Balaban J connectivity index is 0.000000194. The molecule has 6 aromatic carbocycles. The molecule has 252 valence electrons. The first-order valence-corrected chi connectivity index (χ1v) is 16.5. The van der Waals surface area contributed by atoms with Gasteiger partial charge < -0.3 is 0 Å². The molecule has 0 fully saturated rings. The van der Waals surface area contributed by atoms with E-state index >= 15 is 0 Å². The van der Waals surface area contributed by atoms with Gasteiger partial charge in [0, 0.05) is 32.7 Å². The fourth-order valence-corrected chi connectivity index (χ4v) is 5.80. The SMILES string of the molecule is CCCc1cc(Cl)c2cc(C#Cc3cc(F)c(F)c(F)c3)ccc2c1.CCCc1ccc2cc(C#Cc3cc(F)c(F)c(F)c3)c(Cl)cc2c1. The van der Waals surface area contributed by atoms with E-state index in [4.69, 9.17) is 23.2 Å². The van der Waals surface area contributed by atoms with Gasteiger partial charge in [0.15, 0.2) is 34.9 Å². The molecule has 0 nitrogen and oxygen atoms in total. The van der Waals surface area contributed by atoms with Gasteiger partial charge in [0.25, 0.3) is 0 Å². The van der Waals surface area contributed by atoms with Crippen LogP contribution in [0.5, 0.6) is 0 Å². The molecule has 8 heteroatoms. The van der Waals surface area contributed by atoms with E-state index in [0.29, 0.717) is 21.2 Å². The summed E-state index contributed by atoms with van der Waals surface area (Å²) in [4.78, 5) is 0. The molecule has 0 saturated carbocycles. The summed E-state index contributed by atoms with van der Waals surface area (Å²) in [7, 11) is 0. The standard InChI is InChI=1S/2C21H14ClF3/c1-2-3-13-4-6-15-11-16(18(22)12-17(15)8-13)7-5-14-9-19(23)21(25)20(24)10-14;1-2-3-14-8-16-7-6-13(9-17(16)18(22)10-14)4-5-15-11-19(23)21(25)20(24)12-15/h4,6,8-12H,2-3H2,1H3;6-12H,2-3H2,1H3. The summed E-state index contributed by atoms with van der Waals surface area (Å²) in [5, 5.41) is 4.97. The van der Waals surface area contributed by atoms with E-state index in [1.807, 2.05) is 42.5 Å². The van der Waals surface area contributed by atoms with Gasteiger partial charge in [-0.05, 0) is 94.7 Å². The molecule has 0 radical (unpaired) electrons. The quantitative estimate of drug-likeness (QED) is 0.0968. The molecule has 0 unspecified atom stereocenters. The van der Waals surface area contributed by atoms with Crippen LogP contribution in [0.4, 0.5) is 26.3 Å². The van der Waals surface area contributed by atoms with Crippen LogP contribution < -0.4 is 0 Å². The van der Waals surface area contributed by atoms with E-state index in [1.54, 1.807) is 0 Å². The maximum absolute atomic E-state index is 13.2. The van der Waals surface area contributed by atoms with Crippen molar-refractivity contribution in [2.24, 2.45) is 0 Å². The van der Waals surface area contributed by atoms with Crippen LogP contribution in [0.1, 0.15) is 60.1 Å². The number of fused-ring (bicyclic) bond motifs is 2. The lowest BCUT2D eigenvalue weighted by Crippen LogP contribution is -1.91. The van der Waals surface area contributed by atoms with Gasteiger partial charge in [-0.3, -0.25) is 0 Å². The van der Waals surface area contributed by atoms with Crippen molar-refractivity contribution in [1.82, 2.24) is 0 Å². The molecule has 0 saturated heterocycles. The van der Waals surface area contributed by atoms with Crippen molar-refractivity contribution < 1.29 is 26.3 Å². The van der Waals surface area contributed by atoms with Gasteiger partial charge in [-0.15, -0.1) is 0 Å². The van der Waals surface area contributed by atoms with Crippen molar-refractivity contribution in [3.63, 3.8) is 0 Å². The van der Waals surface area contributed by atoms with Crippen LogP contribution in [-0.4, -0.2) is 0 Å². The lowest BCUT2D eigenvalue weighted by atomic mass is 10.0. The summed E-state index contributed by atoms with van der Waals surface area (Å²) in [6, 6.07) is 22.9. The average Bonchev–Trinajstić information content (AvgIpc) is 3.08. The minimum absolute atomic E-state index is 0.0471. The second kappa shape index (κ2) is 16.2. The predicted octanol–water partition coefficient (Wildman–Crippen LogP) is 12.5. The Morgan fingerprint density at radius 2 is 0.980 bits per heavy atom. The molecule has 0 aromatic heterocycles. The minimum Gasteiger partial charge on any atom is -0.204 e. The van der Waals surface area contributed by atoms with Crippen molar-refractivity contribution >= 4 is 44.7 Å². The average molecular weight is 718 g/mol. The van der Waals surface area contributed by atoms with E-state index in [1.165, 1.54) is 11.1 Å². The molecule has 6 aromatic rings. The highest BCUT2D eigenvalue weighted by Gasteiger charge is 2.11. The summed E-state index contributed by atoms with van der Waals surface area (Å²) >= 11 is 12.6. The Bertz CT molecular complexity index is 2310. The van der Waals surface area contributed by atoms with E-state index in [-0.39, 0.29) is 11.1 Å². The Hall–Kier alpha value is -4.88. The summed E-state index contributed by atoms with van der Waals surface area (Å²) < 4.78 is 78.9. The van der Waals surface area contributed by atoms with E-state index in [9.17, 15) is 26.3 Å². The highest BCUT2D eigenvalue weighted by molar-refractivity contribution is 6.35. The normalized spacial score (nSPS) is 10.6. The van der Waals surface area contributed by atoms with E-state index in [2.05, 4.69) is 55.7 Å². The van der Waals surface area contributed by atoms with Crippen molar-refractivity contribution in [2.75, 3.05) is 0 Å². The van der Waals surface area contributed by atoms with Crippen LogP contribution in [-0.2, 0) is 12.8 Å². The van der Waals surface area contributed by atoms with Crippen molar-refractivity contribution in [1.29, 1.82) is 0 Å². The summed E-state index contributed by atoms with van der Waals surface area (Å²) in [6.07, 6.45) is 4.06. The number of hydrogen-bond donors (Lipinski definition) is 0. The fourth-order valence-electron chi connectivity index (χ4n) is 5.28. The topological polar surface area (TPSA) is 0 Å². The molecular weight excluding hydrogens is 689 g/mol. The molecule has 0 aliphatic rings. The lowest BCUT2D eigenvalue weighted by molar-refractivity contribution is 0.446.